The van der Waals surface area contributed by atoms with Crippen LogP contribution in [0.1, 0.15) is 33.6 Å². The molecule has 1 aromatic carbocycles. The van der Waals surface area contributed by atoms with Crippen LogP contribution in [0.5, 0.6) is 0 Å². The number of anilines is 1. The monoisotopic (exact) mass is 273 g/mol. The van der Waals surface area contributed by atoms with Crippen molar-refractivity contribution in [1.29, 1.82) is 5.26 Å². The third-order valence-electron chi connectivity index (χ3n) is 3.31. The van der Waals surface area contributed by atoms with E-state index in [1.54, 1.807) is 0 Å². The quantitative estimate of drug-likeness (QED) is 0.831. The number of carbonyl (C=O) groups is 1. The van der Waals surface area contributed by atoms with Crippen molar-refractivity contribution in [2.75, 3.05) is 18.0 Å². The SMILES string of the molecule is CCC(C)(C)NC(=O)CN(CCC#N)c1ccccc1. The zero-order valence-electron chi connectivity index (χ0n) is 12.5. The lowest BCUT2D eigenvalue weighted by Crippen LogP contribution is -2.47. The van der Waals surface area contributed by atoms with Crippen LogP contribution in [0.4, 0.5) is 5.69 Å². The average Bonchev–Trinajstić information content (AvgIpc) is 2.44. The molecule has 4 heteroatoms. The highest BCUT2D eigenvalue weighted by Gasteiger charge is 2.19. The molecule has 0 saturated heterocycles. The summed E-state index contributed by atoms with van der Waals surface area (Å²) in [7, 11) is 0. The molecule has 0 bridgehead atoms. The number of nitriles is 1. The minimum Gasteiger partial charge on any atom is -0.361 e. The Morgan fingerprint density at radius 2 is 2.00 bits per heavy atom. The lowest BCUT2D eigenvalue weighted by atomic mass is 10.0. The van der Waals surface area contributed by atoms with Gasteiger partial charge in [-0.2, -0.15) is 5.26 Å². The molecule has 0 spiro atoms. The molecule has 4 nitrogen and oxygen atoms in total. The van der Waals surface area contributed by atoms with E-state index in [4.69, 9.17) is 5.26 Å². The van der Waals surface area contributed by atoms with Crippen molar-refractivity contribution < 1.29 is 4.79 Å². The second kappa shape index (κ2) is 7.54. The van der Waals surface area contributed by atoms with Gasteiger partial charge in [-0.1, -0.05) is 25.1 Å². The normalized spacial score (nSPS) is 10.7. The van der Waals surface area contributed by atoms with E-state index >= 15 is 0 Å². The fraction of sp³-hybridized carbons (Fsp3) is 0.500. The van der Waals surface area contributed by atoms with Gasteiger partial charge in [0.1, 0.15) is 0 Å². The molecule has 1 aromatic rings. The number of carbonyl (C=O) groups excluding carboxylic acids is 1. The van der Waals surface area contributed by atoms with Gasteiger partial charge in [0, 0.05) is 17.8 Å². The summed E-state index contributed by atoms with van der Waals surface area (Å²) < 4.78 is 0. The number of hydrogen-bond donors (Lipinski definition) is 1. The summed E-state index contributed by atoms with van der Waals surface area (Å²) in [4.78, 5) is 14.1. The molecule has 1 amide bonds. The molecule has 0 unspecified atom stereocenters. The Balaban J connectivity index is 2.71. The first-order chi connectivity index (χ1) is 9.48. The van der Waals surface area contributed by atoms with Crippen molar-refractivity contribution in [1.82, 2.24) is 5.32 Å². The average molecular weight is 273 g/mol. The third kappa shape index (κ3) is 5.31. The van der Waals surface area contributed by atoms with E-state index in [9.17, 15) is 4.79 Å². The summed E-state index contributed by atoms with van der Waals surface area (Å²) >= 11 is 0. The van der Waals surface area contributed by atoms with Gasteiger partial charge < -0.3 is 10.2 Å². The van der Waals surface area contributed by atoms with Crippen LogP contribution in [0.15, 0.2) is 30.3 Å². The van der Waals surface area contributed by atoms with Crippen LogP contribution in [0.2, 0.25) is 0 Å². The van der Waals surface area contributed by atoms with E-state index in [2.05, 4.69) is 11.4 Å². The van der Waals surface area contributed by atoms with Gasteiger partial charge in [0.25, 0.3) is 0 Å². The number of nitrogens with one attached hydrogen (secondary N) is 1. The Labute approximate surface area is 121 Å². The molecule has 0 aromatic heterocycles. The topological polar surface area (TPSA) is 56.1 Å². The summed E-state index contributed by atoms with van der Waals surface area (Å²) in [6.45, 7) is 6.89. The molecule has 0 saturated carbocycles. The Bertz CT molecular complexity index is 462. The standard InChI is InChI=1S/C16H23N3O/c1-4-16(2,3)18-15(20)13-19(12-8-11-17)14-9-6-5-7-10-14/h5-7,9-10H,4,8,12-13H2,1-3H3,(H,18,20). The van der Waals surface area contributed by atoms with E-state index in [0.29, 0.717) is 13.0 Å². The molecular weight excluding hydrogens is 250 g/mol. The maximum atomic E-state index is 12.1. The number of amides is 1. The molecule has 0 atom stereocenters. The first kappa shape index (κ1) is 16.0. The number of rotatable bonds is 7. The molecule has 0 fully saturated rings. The minimum absolute atomic E-state index is 0.0151. The largest absolute Gasteiger partial charge is 0.361 e. The van der Waals surface area contributed by atoms with Crippen molar-refractivity contribution in [2.24, 2.45) is 0 Å². The highest BCUT2D eigenvalue weighted by Crippen LogP contribution is 2.14. The lowest BCUT2D eigenvalue weighted by molar-refractivity contribution is -0.121. The Hall–Kier alpha value is -2.02. The Morgan fingerprint density at radius 1 is 1.35 bits per heavy atom. The predicted molar refractivity (Wildman–Crippen MR) is 81.4 cm³/mol. The molecule has 1 rings (SSSR count). The van der Waals surface area contributed by atoms with E-state index < -0.39 is 0 Å². The maximum Gasteiger partial charge on any atom is 0.239 e. The molecule has 0 radical (unpaired) electrons. The van der Waals surface area contributed by atoms with Gasteiger partial charge in [-0.3, -0.25) is 4.79 Å². The first-order valence-corrected chi connectivity index (χ1v) is 6.96. The minimum atomic E-state index is -0.200. The summed E-state index contributed by atoms with van der Waals surface area (Å²) in [5.41, 5.74) is 0.765. The van der Waals surface area contributed by atoms with E-state index in [1.807, 2.05) is 56.0 Å². The van der Waals surface area contributed by atoms with Gasteiger partial charge in [0.15, 0.2) is 0 Å². The van der Waals surface area contributed by atoms with Crippen LogP contribution in [0.3, 0.4) is 0 Å². The zero-order chi connectivity index (χ0) is 15.0. The maximum absolute atomic E-state index is 12.1. The molecule has 1 N–H and O–H groups in total. The number of nitrogens with zero attached hydrogens (tertiary/aromatic N) is 2. The highest BCUT2D eigenvalue weighted by atomic mass is 16.2. The Kier molecular flexibility index (Phi) is 6.05. The van der Waals surface area contributed by atoms with Crippen molar-refractivity contribution in [3.05, 3.63) is 30.3 Å². The number of hydrogen-bond acceptors (Lipinski definition) is 3. The predicted octanol–water partition coefficient (Wildman–Crippen LogP) is 2.71. The number of benzene rings is 1. The van der Waals surface area contributed by atoms with Gasteiger partial charge in [0.05, 0.1) is 19.0 Å². The van der Waals surface area contributed by atoms with Crippen LogP contribution in [0, 0.1) is 11.3 Å². The first-order valence-electron chi connectivity index (χ1n) is 6.96. The third-order valence-corrected chi connectivity index (χ3v) is 3.31. The van der Waals surface area contributed by atoms with Crippen molar-refractivity contribution in [3.63, 3.8) is 0 Å². The molecule has 0 aliphatic carbocycles. The van der Waals surface area contributed by atoms with E-state index in [1.165, 1.54) is 0 Å². The summed E-state index contributed by atoms with van der Waals surface area (Å²) in [6.07, 6.45) is 1.28. The van der Waals surface area contributed by atoms with Crippen molar-refractivity contribution >= 4 is 11.6 Å². The summed E-state index contributed by atoms with van der Waals surface area (Å²) in [5.74, 6) is -0.0151. The molecule has 20 heavy (non-hydrogen) atoms. The fourth-order valence-corrected chi connectivity index (χ4v) is 1.80. The fourth-order valence-electron chi connectivity index (χ4n) is 1.80. The molecule has 0 aliphatic heterocycles. The molecule has 0 aliphatic rings. The van der Waals surface area contributed by atoms with Crippen LogP contribution >= 0.6 is 0 Å². The smallest absolute Gasteiger partial charge is 0.239 e. The van der Waals surface area contributed by atoms with Crippen LogP contribution < -0.4 is 10.2 Å². The molecule has 0 heterocycles. The van der Waals surface area contributed by atoms with Crippen LogP contribution in [-0.2, 0) is 4.79 Å². The zero-order valence-corrected chi connectivity index (χ0v) is 12.5. The lowest BCUT2D eigenvalue weighted by Gasteiger charge is -2.28. The summed E-state index contributed by atoms with van der Waals surface area (Å²) in [5, 5.41) is 11.8. The van der Waals surface area contributed by atoms with Crippen LogP contribution in [0.25, 0.3) is 0 Å². The highest BCUT2D eigenvalue weighted by molar-refractivity contribution is 5.82. The van der Waals surface area contributed by atoms with Gasteiger partial charge in [-0.05, 0) is 32.4 Å². The van der Waals surface area contributed by atoms with Crippen LogP contribution in [-0.4, -0.2) is 24.5 Å². The second-order valence-electron chi connectivity index (χ2n) is 5.45. The second-order valence-corrected chi connectivity index (χ2v) is 5.45. The number of para-hydroxylation sites is 1. The van der Waals surface area contributed by atoms with Gasteiger partial charge >= 0.3 is 0 Å². The van der Waals surface area contributed by atoms with Crippen molar-refractivity contribution in [3.8, 4) is 6.07 Å². The van der Waals surface area contributed by atoms with E-state index in [-0.39, 0.29) is 18.0 Å². The van der Waals surface area contributed by atoms with Gasteiger partial charge in [0.2, 0.25) is 5.91 Å². The molecular formula is C16H23N3O. The summed E-state index contributed by atoms with van der Waals surface area (Å²) in [6, 6.07) is 11.8. The van der Waals surface area contributed by atoms with E-state index in [0.717, 1.165) is 12.1 Å². The van der Waals surface area contributed by atoms with Gasteiger partial charge in [-0.25, -0.2) is 0 Å². The molecule has 108 valence electrons. The Morgan fingerprint density at radius 3 is 2.55 bits per heavy atom. The van der Waals surface area contributed by atoms with Crippen molar-refractivity contribution in [2.45, 2.75) is 39.2 Å². The van der Waals surface area contributed by atoms with Gasteiger partial charge in [-0.15, -0.1) is 0 Å².